The summed E-state index contributed by atoms with van der Waals surface area (Å²) in [6, 6.07) is 13.9. The first-order valence-electron chi connectivity index (χ1n) is 9.60. The number of carbonyl (C=O) groups is 2. The van der Waals surface area contributed by atoms with Crippen molar-refractivity contribution in [1.29, 1.82) is 0 Å². The van der Waals surface area contributed by atoms with Crippen LogP contribution < -0.4 is 10.6 Å². The number of aryl methyl sites for hydroxylation is 2. The van der Waals surface area contributed by atoms with Crippen LogP contribution in [-0.4, -0.2) is 37.3 Å². The Morgan fingerprint density at radius 1 is 1.03 bits per heavy atom. The van der Waals surface area contributed by atoms with E-state index >= 15 is 0 Å². The third kappa shape index (κ3) is 8.75. The molecule has 0 aliphatic rings. The molecule has 31 heavy (non-hydrogen) atoms. The third-order valence-corrected chi connectivity index (χ3v) is 4.30. The molecule has 0 spiro atoms. The zero-order valence-corrected chi connectivity index (χ0v) is 17.0. The van der Waals surface area contributed by atoms with Crippen LogP contribution in [0.25, 0.3) is 0 Å². The molecule has 0 fully saturated rings. The molecule has 0 bridgehead atoms. The van der Waals surface area contributed by atoms with Crippen LogP contribution in [0.3, 0.4) is 0 Å². The van der Waals surface area contributed by atoms with Crippen LogP contribution in [0.2, 0.25) is 0 Å². The van der Waals surface area contributed by atoms with Gasteiger partial charge in [-0.25, -0.2) is 8.78 Å². The largest absolute Gasteiger partial charge is 0.370 e. The van der Waals surface area contributed by atoms with E-state index in [4.69, 9.17) is 0 Å². The highest BCUT2D eigenvalue weighted by Crippen LogP contribution is 2.23. The molecule has 2 rings (SSSR count). The van der Waals surface area contributed by atoms with Gasteiger partial charge in [-0.1, -0.05) is 42.0 Å². The van der Waals surface area contributed by atoms with Crippen LogP contribution in [0.15, 0.2) is 48.5 Å². The fourth-order valence-electron chi connectivity index (χ4n) is 2.59. The van der Waals surface area contributed by atoms with Gasteiger partial charge in [0.05, 0.1) is 13.2 Å². The molecule has 0 radical (unpaired) electrons. The van der Waals surface area contributed by atoms with Crippen molar-refractivity contribution in [2.24, 2.45) is 0 Å². The Labute approximate surface area is 177 Å². The Morgan fingerprint density at radius 3 is 2.42 bits per heavy atom. The van der Waals surface area contributed by atoms with E-state index in [2.05, 4.69) is 15.4 Å². The first-order chi connectivity index (χ1) is 14.7. The summed E-state index contributed by atoms with van der Waals surface area (Å²) in [6.07, 6.45) is -3.00. The highest BCUT2D eigenvalue weighted by atomic mass is 19.3. The van der Waals surface area contributed by atoms with Gasteiger partial charge in [-0.2, -0.15) is 8.78 Å². The van der Waals surface area contributed by atoms with Crippen molar-refractivity contribution in [3.05, 3.63) is 65.2 Å². The molecule has 9 heteroatoms. The van der Waals surface area contributed by atoms with E-state index < -0.39 is 24.9 Å². The molecule has 2 aromatic carbocycles. The van der Waals surface area contributed by atoms with Crippen LogP contribution in [-0.2, 0) is 27.4 Å². The number of halogens is 4. The van der Waals surface area contributed by atoms with Crippen molar-refractivity contribution < 1.29 is 31.9 Å². The summed E-state index contributed by atoms with van der Waals surface area (Å²) in [5, 5.41) is 5.10. The van der Waals surface area contributed by atoms with Crippen LogP contribution in [0.4, 0.5) is 23.2 Å². The topological polar surface area (TPSA) is 67.4 Å². The molecular weight excluding hydrogens is 416 g/mol. The average molecular weight is 440 g/mol. The molecule has 0 aliphatic heterocycles. The van der Waals surface area contributed by atoms with Crippen LogP contribution in [0, 0.1) is 6.92 Å². The van der Waals surface area contributed by atoms with E-state index in [0.717, 1.165) is 11.1 Å². The number of ether oxygens (including phenoxy) is 1. The minimum absolute atomic E-state index is 0.228. The highest BCUT2D eigenvalue weighted by Gasteiger charge is 2.40. The Kier molecular flexibility index (Phi) is 8.99. The van der Waals surface area contributed by atoms with E-state index in [1.807, 2.05) is 31.2 Å². The summed E-state index contributed by atoms with van der Waals surface area (Å²) in [5.41, 5.74) is 2.94. The van der Waals surface area contributed by atoms with E-state index in [-0.39, 0.29) is 25.5 Å². The maximum Gasteiger partial charge on any atom is 0.330 e. The van der Waals surface area contributed by atoms with Crippen LogP contribution in [0.5, 0.6) is 0 Å². The molecule has 0 atom stereocenters. The molecule has 5 nitrogen and oxygen atoms in total. The Bertz CT molecular complexity index is 873. The number of rotatable bonds is 11. The second kappa shape index (κ2) is 11.5. The molecule has 2 N–H and O–H groups in total. The molecule has 0 unspecified atom stereocenters. The number of hydrogen-bond acceptors (Lipinski definition) is 3. The quantitative estimate of drug-likeness (QED) is 0.517. The number of carbonyl (C=O) groups excluding carboxylic acids is 2. The van der Waals surface area contributed by atoms with Crippen molar-refractivity contribution in [3.8, 4) is 0 Å². The molecule has 0 aliphatic carbocycles. The fraction of sp³-hybridized carbons (Fsp3) is 0.364. The van der Waals surface area contributed by atoms with E-state index in [9.17, 15) is 27.2 Å². The summed E-state index contributed by atoms with van der Waals surface area (Å²) < 4.78 is 54.6. The number of anilines is 1. The fourth-order valence-corrected chi connectivity index (χ4v) is 2.59. The Morgan fingerprint density at radius 2 is 1.74 bits per heavy atom. The van der Waals surface area contributed by atoms with Gasteiger partial charge in [0.15, 0.2) is 0 Å². The van der Waals surface area contributed by atoms with E-state index in [0.29, 0.717) is 17.7 Å². The van der Waals surface area contributed by atoms with E-state index in [1.54, 1.807) is 18.2 Å². The van der Waals surface area contributed by atoms with Gasteiger partial charge < -0.3 is 15.4 Å². The van der Waals surface area contributed by atoms with Crippen molar-refractivity contribution >= 4 is 17.5 Å². The minimum atomic E-state index is -4.22. The summed E-state index contributed by atoms with van der Waals surface area (Å²) in [6.45, 7) is 0.0233. The number of hydrogen-bond donors (Lipinski definition) is 2. The summed E-state index contributed by atoms with van der Waals surface area (Å²) in [7, 11) is 0. The number of alkyl halides is 4. The summed E-state index contributed by atoms with van der Waals surface area (Å²) >= 11 is 0. The van der Waals surface area contributed by atoms with Crippen molar-refractivity contribution in [2.75, 3.05) is 18.5 Å². The van der Waals surface area contributed by atoms with Gasteiger partial charge in [-0.05, 0) is 36.6 Å². The van der Waals surface area contributed by atoms with Gasteiger partial charge in [0.25, 0.3) is 0 Å². The van der Waals surface area contributed by atoms with E-state index in [1.165, 1.54) is 6.07 Å². The SMILES string of the molecule is Cc1ccc(CCC(=O)NCC(=O)Nc2cccc(COCC(F)(F)C(F)F)c2)cc1. The average Bonchev–Trinajstić information content (AvgIpc) is 2.72. The lowest BCUT2D eigenvalue weighted by atomic mass is 10.1. The summed E-state index contributed by atoms with van der Waals surface area (Å²) in [5.74, 6) is -4.95. The maximum atomic E-state index is 12.9. The Hall–Kier alpha value is -2.94. The highest BCUT2D eigenvalue weighted by molar-refractivity contribution is 5.94. The number of amides is 2. The predicted molar refractivity (Wildman–Crippen MR) is 108 cm³/mol. The molecular formula is C22H24F4N2O3. The molecule has 0 saturated carbocycles. The standard InChI is InChI=1S/C22H24F4N2O3/c1-15-5-7-16(8-6-15)9-10-19(29)27-12-20(30)28-18-4-2-3-17(11-18)13-31-14-22(25,26)21(23)24/h2-8,11,21H,9-10,12-14H2,1H3,(H,27,29)(H,28,30). The Balaban J connectivity index is 1.73. The molecule has 0 heterocycles. The molecule has 2 amide bonds. The summed E-state index contributed by atoms with van der Waals surface area (Å²) in [4.78, 5) is 23.9. The second-order valence-corrected chi connectivity index (χ2v) is 7.07. The number of nitrogens with one attached hydrogen (secondary N) is 2. The van der Waals surface area contributed by atoms with Crippen LogP contribution >= 0.6 is 0 Å². The van der Waals surface area contributed by atoms with Gasteiger partial charge in [0.1, 0.15) is 6.61 Å². The second-order valence-electron chi connectivity index (χ2n) is 7.07. The van der Waals surface area contributed by atoms with Crippen LogP contribution in [0.1, 0.15) is 23.1 Å². The smallest absolute Gasteiger partial charge is 0.330 e. The minimum Gasteiger partial charge on any atom is -0.370 e. The predicted octanol–water partition coefficient (Wildman–Crippen LogP) is 4.10. The first-order valence-corrected chi connectivity index (χ1v) is 9.60. The maximum absolute atomic E-state index is 12.9. The van der Waals surface area contributed by atoms with Crippen molar-refractivity contribution in [1.82, 2.24) is 5.32 Å². The van der Waals surface area contributed by atoms with Gasteiger partial charge in [-0.3, -0.25) is 9.59 Å². The molecule has 0 saturated heterocycles. The normalized spacial score (nSPS) is 11.4. The van der Waals surface area contributed by atoms with Gasteiger partial charge in [0.2, 0.25) is 11.8 Å². The lowest BCUT2D eigenvalue weighted by Gasteiger charge is -2.15. The lowest BCUT2D eigenvalue weighted by Crippen LogP contribution is -2.33. The monoisotopic (exact) mass is 440 g/mol. The molecule has 2 aromatic rings. The van der Waals surface area contributed by atoms with Gasteiger partial charge in [0, 0.05) is 12.1 Å². The van der Waals surface area contributed by atoms with Crippen molar-refractivity contribution in [2.45, 2.75) is 38.7 Å². The number of benzene rings is 2. The zero-order valence-electron chi connectivity index (χ0n) is 17.0. The van der Waals surface area contributed by atoms with Gasteiger partial charge in [-0.15, -0.1) is 0 Å². The molecule has 0 aromatic heterocycles. The van der Waals surface area contributed by atoms with Crippen molar-refractivity contribution in [3.63, 3.8) is 0 Å². The first kappa shape index (κ1) is 24.3. The third-order valence-electron chi connectivity index (χ3n) is 4.30. The van der Waals surface area contributed by atoms with Gasteiger partial charge >= 0.3 is 12.3 Å². The lowest BCUT2D eigenvalue weighted by molar-refractivity contribution is -0.168. The zero-order chi connectivity index (χ0) is 22.9. The molecule has 168 valence electrons.